The molecule has 1 aromatic rings. The summed E-state index contributed by atoms with van der Waals surface area (Å²) in [5.41, 5.74) is 0.682. The van der Waals surface area contributed by atoms with Crippen LogP contribution in [0, 0.1) is 5.82 Å². The van der Waals surface area contributed by atoms with Crippen LogP contribution in [0.4, 0.5) is 4.39 Å². The van der Waals surface area contributed by atoms with Crippen LogP contribution < -0.4 is 0 Å². The molecule has 0 bridgehead atoms. The number of benzene rings is 1. The minimum atomic E-state index is -3.28. The van der Waals surface area contributed by atoms with Gasteiger partial charge in [0.15, 0.2) is 0 Å². The van der Waals surface area contributed by atoms with Crippen molar-refractivity contribution in [3.05, 3.63) is 35.6 Å². The molecule has 0 radical (unpaired) electrons. The van der Waals surface area contributed by atoms with Crippen LogP contribution in [0.5, 0.6) is 0 Å². The Bertz CT molecular complexity index is 502. The second-order valence-corrected chi connectivity index (χ2v) is 7.35. The number of hydrogen-bond acceptors (Lipinski definition) is 2. The summed E-state index contributed by atoms with van der Waals surface area (Å²) in [5.74, 6) is -0.338. The van der Waals surface area contributed by atoms with E-state index in [9.17, 15) is 12.8 Å². The summed E-state index contributed by atoms with van der Waals surface area (Å²) in [6.07, 6.45) is 1.78. The van der Waals surface area contributed by atoms with Crippen molar-refractivity contribution in [2.75, 3.05) is 4.66 Å². The predicted octanol–water partition coefficient (Wildman–Crippen LogP) is 2.47. The van der Waals surface area contributed by atoms with E-state index in [1.54, 1.807) is 12.1 Å². The molecule has 1 aromatic carbocycles. The molecule has 1 aliphatic rings. The smallest absolute Gasteiger partial charge is 0.211 e. The fraction of sp³-hybridized carbons (Fsp3) is 0.455. The molecular weight excluding hydrogens is 309 g/mol. The average molecular weight is 322 g/mol. The van der Waals surface area contributed by atoms with Gasteiger partial charge in [0.1, 0.15) is 10.5 Å². The highest BCUT2D eigenvalue weighted by molar-refractivity contribution is 9.10. The van der Waals surface area contributed by atoms with Crippen molar-refractivity contribution >= 4 is 26.0 Å². The van der Waals surface area contributed by atoms with Gasteiger partial charge in [-0.1, -0.05) is 28.1 Å². The molecule has 0 atom stereocenters. The Balaban J connectivity index is 2.19. The summed E-state index contributed by atoms with van der Waals surface area (Å²) in [6.45, 7) is 0.246. The Morgan fingerprint density at radius 2 is 2.12 bits per heavy atom. The van der Waals surface area contributed by atoms with Crippen molar-refractivity contribution in [3.8, 4) is 0 Å². The van der Waals surface area contributed by atoms with Gasteiger partial charge in [0.25, 0.3) is 0 Å². The van der Waals surface area contributed by atoms with E-state index < -0.39 is 10.0 Å². The molecular formula is C11H13BrFNO2S. The Morgan fingerprint density at radius 3 is 2.65 bits per heavy atom. The fourth-order valence-corrected chi connectivity index (χ4v) is 3.62. The van der Waals surface area contributed by atoms with Crippen LogP contribution in [0.3, 0.4) is 0 Å². The van der Waals surface area contributed by atoms with E-state index in [4.69, 9.17) is 0 Å². The van der Waals surface area contributed by atoms with Crippen LogP contribution in [0.1, 0.15) is 18.4 Å². The van der Waals surface area contributed by atoms with Crippen molar-refractivity contribution < 1.29 is 12.8 Å². The number of sulfonamides is 1. The van der Waals surface area contributed by atoms with Crippen LogP contribution in [0.2, 0.25) is 0 Å². The molecule has 17 heavy (non-hydrogen) atoms. The standard InChI is InChI=1S/C11H13BrFNO2S/c12-8-17(15,16)14(11-4-5-11)7-9-2-1-3-10(13)6-9/h1-3,6,11H,4-5,7-8H2. The van der Waals surface area contributed by atoms with Crippen LogP contribution in [0.15, 0.2) is 24.3 Å². The summed E-state index contributed by atoms with van der Waals surface area (Å²) >= 11 is 2.99. The second-order valence-electron chi connectivity index (χ2n) is 4.13. The van der Waals surface area contributed by atoms with Gasteiger partial charge in [0.05, 0.1) is 0 Å². The first-order valence-corrected chi connectivity index (χ1v) is 8.06. The molecule has 1 fully saturated rings. The van der Waals surface area contributed by atoms with Crippen molar-refractivity contribution in [3.63, 3.8) is 0 Å². The maximum atomic E-state index is 13.0. The molecule has 0 spiro atoms. The van der Waals surface area contributed by atoms with E-state index in [0.29, 0.717) is 5.56 Å². The normalized spacial score (nSPS) is 16.4. The minimum absolute atomic E-state index is 0.0841. The zero-order chi connectivity index (χ0) is 12.5. The Morgan fingerprint density at radius 1 is 1.41 bits per heavy atom. The van der Waals surface area contributed by atoms with Crippen molar-refractivity contribution in [2.24, 2.45) is 0 Å². The lowest BCUT2D eigenvalue weighted by molar-refractivity contribution is 0.401. The molecule has 0 aliphatic heterocycles. The summed E-state index contributed by atoms with van der Waals surface area (Å²) in [5, 5.41) is 0. The highest BCUT2D eigenvalue weighted by atomic mass is 79.9. The molecule has 0 N–H and O–H groups in total. The Labute approximate surface area is 109 Å². The first-order chi connectivity index (χ1) is 8.03. The summed E-state index contributed by atoms with van der Waals surface area (Å²) < 4.78 is 38.1. The van der Waals surface area contributed by atoms with Gasteiger partial charge in [0.2, 0.25) is 10.0 Å². The molecule has 3 nitrogen and oxygen atoms in total. The van der Waals surface area contributed by atoms with Gasteiger partial charge in [-0.15, -0.1) is 0 Å². The number of halogens is 2. The van der Waals surface area contributed by atoms with Gasteiger partial charge in [0, 0.05) is 12.6 Å². The first-order valence-electron chi connectivity index (χ1n) is 5.33. The lowest BCUT2D eigenvalue weighted by atomic mass is 10.2. The SMILES string of the molecule is O=S(=O)(CBr)N(Cc1cccc(F)c1)C1CC1. The van der Waals surface area contributed by atoms with Gasteiger partial charge in [-0.2, -0.15) is 4.31 Å². The van der Waals surface area contributed by atoms with Crippen molar-refractivity contribution in [1.29, 1.82) is 0 Å². The maximum Gasteiger partial charge on any atom is 0.224 e. The fourth-order valence-electron chi connectivity index (χ4n) is 1.70. The molecule has 6 heteroatoms. The van der Waals surface area contributed by atoms with E-state index in [1.807, 2.05) is 0 Å². The lowest BCUT2D eigenvalue weighted by Crippen LogP contribution is -2.33. The van der Waals surface area contributed by atoms with Crippen LogP contribution in [-0.2, 0) is 16.6 Å². The van der Waals surface area contributed by atoms with Gasteiger partial charge >= 0.3 is 0 Å². The number of rotatable bonds is 5. The molecule has 0 unspecified atom stereocenters. The van der Waals surface area contributed by atoms with E-state index in [-0.39, 0.29) is 23.1 Å². The van der Waals surface area contributed by atoms with Gasteiger partial charge in [-0.3, -0.25) is 0 Å². The number of nitrogens with zero attached hydrogens (tertiary/aromatic N) is 1. The van der Waals surface area contributed by atoms with Gasteiger partial charge in [-0.05, 0) is 30.5 Å². The van der Waals surface area contributed by atoms with Crippen LogP contribution in [0.25, 0.3) is 0 Å². The minimum Gasteiger partial charge on any atom is -0.211 e. The topological polar surface area (TPSA) is 37.4 Å². The molecule has 94 valence electrons. The van der Waals surface area contributed by atoms with Crippen LogP contribution in [-0.4, -0.2) is 23.4 Å². The molecule has 0 heterocycles. The average Bonchev–Trinajstić information content (AvgIpc) is 3.10. The Kier molecular flexibility index (Phi) is 3.85. The van der Waals surface area contributed by atoms with E-state index in [0.717, 1.165) is 12.8 Å². The highest BCUT2D eigenvalue weighted by Crippen LogP contribution is 2.31. The zero-order valence-electron chi connectivity index (χ0n) is 9.14. The molecule has 1 saturated carbocycles. The summed E-state index contributed by atoms with van der Waals surface area (Å²) in [6, 6.07) is 6.14. The quantitative estimate of drug-likeness (QED) is 0.781. The van der Waals surface area contributed by atoms with Gasteiger partial charge in [-0.25, -0.2) is 12.8 Å². The largest absolute Gasteiger partial charge is 0.224 e. The summed E-state index contributed by atoms with van der Waals surface area (Å²) in [4.78, 5) is 0. The van der Waals surface area contributed by atoms with Crippen molar-refractivity contribution in [1.82, 2.24) is 4.31 Å². The first kappa shape index (κ1) is 13.0. The molecule has 0 amide bonds. The molecule has 2 rings (SSSR count). The third kappa shape index (κ3) is 3.26. The van der Waals surface area contributed by atoms with Crippen molar-refractivity contribution in [2.45, 2.75) is 25.4 Å². The highest BCUT2D eigenvalue weighted by Gasteiger charge is 2.36. The van der Waals surface area contributed by atoms with Crippen LogP contribution >= 0.6 is 15.9 Å². The predicted molar refractivity (Wildman–Crippen MR) is 67.7 cm³/mol. The second kappa shape index (κ2) is 5.04. The molecule has 0 saturated heterocycles. The van der Waals surface area contributed by atoms with Gasteiger partial charge < -0.3 is 0 Å². The third-order valence-corrected chi connectivity index (χ3v) is 5.83. The Hall–Kier alpha value is -0.460. The number of alkyl halides is 1. The third-order valence-electron chi connectivity index (χ3n) is 2.68. The molecule has 0 aromatic heterocycles. The zero-order valence-corrected chi connectivity index (χ0v) is 11.5. The lowest BCUT2D eigenvalue weighted by Gasteiger charge is -2.20. The summed E-state index contributed by atoms with van der Waals surface area (Å²) in [7, 11) is -3.28. The number of hydrogen-bond donors (Lipinski definition) is 0. The molecule has 1 aliphatic carbocycles. The van der Waals surface area contributed by atoms with E-state index in [1.165, 1.54) is 16.4 Å². The van der Waals surface area contributed by atoms with E-state index in [2.05, 4.69) is 15.9 Å². The maximum absolute atomic E-state index is 13.0. The monoisotopic (exact) mass is 321 g/mol. The van der Waals surface area contributed by atoms with E-state index >= 15 is 0 Å².